The van der Waals surface area contributed by atoms with Crippen molar-refractivity contribution >= 4 is 17.3 Å². The summed E-state index contributed by atoms with van der Waals surface area (Å²) in [4.78, 5) is 11.8. The summed E-state index contributed by atoms with van der Waals surface area (Å²) in [5.74, 6) is 0.522. The lowest BCUT2D eigenvalue weighted by Crippen LogP contribution is -2.31. The number of nitrogens with zero attached hydrogens (tertiary/aromatic N) is 1. The van der Waals surface area contributed by atoms with Gasteiger partial charge in [-0.2, -0.15) is 5.10 Å². The van der Waals surface area contributed by atoms with Crippen LogP contribution in [0.1, 0.15) is 40.0 Å². The number of para-hydroxylation sites is 1. The van der Waals surface area contributed by atoms with Gasteiger partial charge in [-0.3, -0.25) is 4.79 Å². The second-order valence-corrected chi connectivity index (χ2v) is 6.79. The Morgan fingerprint density at radius 3 is 2.71 bits per heavy atom. The van der Waals surface area contributed by atoms with Crippen LogP contribution in [-0.4, -0.2) is 18.2 Å². The Bertz CT molecular complexity index is 508. The van der Waals surface area contributed by atoms with Crippen LogP contribution in [0.2, 0.25) is 0 Å². The summed E-state index contributed by atoms with van der Waals surface area (Å²) in [6, 6.07) is 9.69. The van der Waals surface area contributed by atoms with Gasteiger partial charge >= 0.3 is 0 Å². The Morgan fingerprint density at radius 1 is 1.33 bits per heavy atom. The lowest BCUT2D eigenvalue weighted by molar-refractivity contribution is -0.119. The Hall–Kier alpha value is -1.84. The summed E-state index contributed by atoms with van der Waals surface area (Å²) in [7, 11) is 0. The van der Waals surface area contributed by atoms with Gasteiger partial charge in [-0.1, -0.05) is 39.0 Å². The Kier molecular flexibility index (Phi) is 4.99. The third-order valence-corrected chi connectivity index (χ3v) is 3.73. The molecular weight excluding hydrogens is 262 g/mol. The van der Waals surface area contributed by atoms with Crippen LogP contribution in [0, 0.1) is 11.3 Å². The van der Waals surface area contributed by atoms with E-state index in [4.69, 9.17) is 0 Å². The molecule has 1 amide bonds. The molecule has 4 heteroatoms. The van der Waals surface area contributed by atoms with Gasteiger partial charge in [0.15, 0.2) is 0 Å². The zero-order chi connectivity index (χ0) is 15.3. The van der Waals surface area contributed by atoms with Gasteiger partial charge in [0.1, 0.15) is 0 Å². The smallest absolute Gasteiger partial charge is 0.259 e. The van der Waals surface area contributed by atoms with Crippen molar-refractivity contribution < 1.29 is 4.79 Å². The maximum Gasteiger partial charge on any atom is 0.259 e. The number of carbonyl (C=O) groups is 1. The largest absolute Gasteiger partial charge is 0.376 e. The SMILES string of the molecule is CC1C/C(=N\NC(=O)CNc2ccccc2)CC(C)(C)C1. The molecule has 0 heterocycles. The Balaban J connectivity index is 1.81. The molecule has 1 aromatic carbocycles. The molecule has 4 nitrogen and oxygen atoms in total. The number of hydrazone groups is 1. The van der Waals surface area contributed by atoms with E-state index in [9.17, 15) is 4.79 Å². The third kappa shape index (κ3) is 5.21. The summed E-state index contributed by atoms with van der Waals surface area (Å²) < 4.78 is 0. The monoisotopic (exact) mass is 287 g/mol. The predicted octanol–water partition coefficient (Wildman–Crippen LogP) is 3.42. The minimum absolute atomic E-state index is 0.109. The van der Waals surface area contributed by atoms with Gasteiger partial charge < -0.3 is 5.32 Å². The average Bonchev–Trinajstić information content (AvgIpc) is 2.42. The molecule has 1 fully saturated rings. The zero-order valence-corrected chi connectivity index (χ0v) is 13.1. The van der Waals surface area contributed by atoms with E-state index in [1.165, 1.54) is 6.42 Å². The number of rotatable bonds is 4. The number of hydrogen-bond acceptors (Lipinski definition) is 3. The average molecular weight is 287 g/mol. The molecule has 0 radical (unpaired) electrons. The first-order chi connectivity index (χ1) is 9.94. The zero-order valence-electron chi connectivity index (χ0n) is 13.1. The Labute approximate surface area is 127 Å². The minimum Gasteiger partial charge on any atom is -0.376 e. The molecule has 0 aliphatic heterocycles. The molecule has 1 aliphatic carbocycles. The van der Waals surface area contributed by atoms with Crippen LogP contribution in [0.15, 0.2) is 35.4 Å². The first-order valence-electron chi connectivity index (χ1n) is 7.58. The molecule has 21 heavy (non-hydrogen) atoms. The van der Waals surface area contributed by atoms with Crippen molar-refractivity contribution in [3.8, 4) is 0 Å². The first kappa shape index (κ1) is 15.5. The molecule has 0 bridgehead atoms. The summed E-state index contributed by atoms with van der Waals surface area (Å²) in [5.41, 5.74) is 4.99. The number of nitrogens with one attached hydrogen (secondary N) is 2. The standard InChI is InChI=1S/C17H25N3O/c1-13-9-15(11-17(2,3)10-13)19-20-16(21)12-18-14-7-5-4-6-8-14/h4-8,13,18H,9-12H2,1-3H3,(H,20,21)/b19-15+. The normalized spacial score (nSPS) is 22.8. The van der Waals surface area contributed by atoms with Gasteiger partial charge in [-0.15, -0.1) is 0 Å². The maximum absolute atomic E-state index is 11.8. The van der Waals surface area contributed by atoms with Gasteiger partial charge in [0.2, 0.25) is 0 Å². The van der Waals surface area contributed by atoms with Crippen molar-refractivity contribution in [3.63, 3.8) is 0 Å². The van der Waals surface area contributed by atoms with Crippen LogP contribution >= 0.6 is 0 Å². The lowest BCUT2D eigenvalue weighted by atomic mass is 9.72. The van der Waals surface area contributed by atoms with Gasteiger partial charge in [-0.05, 0) is 42.7 Å². The topological polar surface area (TPSA) is 53.5 Å². The van der Waals surface area contributed by atoms with E-state index in [0.29, 0.717) is 5.92 Å². The van der Waals surface area contributed by atoms with Crippen LogP contribution in [0.4, 0.5) is 5.69 Å². The molecule has 1 unspecified atom stereocenters. The number of hydrogen-bond donors (Lipinski definition) is 2. The van der Waals surface area contributed by atoms with Crippen molar-refractivity contribution in [3.05, 3.63) is 30.3 Å². The molecule has 0 spiro atoms. The molecule has 1 aromatic rings. The number of carbonyl (C=O) groups excluding carboxylic acids is 1. The maximum atomic E-state index is 11.8. The fourth-order valence-electron chi connectivity index (χ4n) is 3.12. The van der Waals surface area contributed by atoms with E-state index in [2.05, 4.69) is 36.6 Å². The summed E-state index contributed by atoms with van der Waals surface area (Å²) in [5, 5.41) is 7.39. The van der Waals surface area contributed by atoms with E-state index in [1.807, 2.05) is 30.3 Å². The van der Waals surface area contributed by atoms with E-state index >= 15 is 0 Å². The highest BCUT2D eigenvalue weighted by molar-refractivity contribution is 5.88. The van der Waals surface area contributed by atoms with E-state index in [-0.39, 0.29) is 17.9 Å². The fraction of sp³-hybridized carbons (Fsp3) is 0.529. The van der Waals surface area contributed by atoms with Crippen LogP contribution in [0.25, 0.3) is 0 Å². The fourth-order valence-corrected chi connectivity index (χ4v) is 3.12. The highest BCUT2D eigenvalue weighted by atomic mass is 16.2. The second kappa shape index (κ2) is 6.74. The molecule has 1 saturated carbocycles. The second-order valence-electron chi connectivity index (χ2n) is 6.79. The van der Waals surface area contributed by atoms with Crippen LogP contribution in [0.5, 0.6) is 0 Å². The summed E-state index contributed by atoms with van der Waals surface area (Å²) in [6.07, 6.45) is 3.16. The van der Waals surface area contributed by atoms with Crippen LogP contribution in [0.3, 0.4) is 0 Å². The van der Waals surface area contributed by atoms with Gasteiger partial charge in [0.05, 0.1) is 6.54 Å². The molecular formula is C17H25N3O. The van der Waals surface area contributed by atoms with Gasteiger partial charge in [0.25, 0.3) is 5.91 Å². The first-order valence-corrected chi connectivity index (χ1v) is 7.58. The van der Waals surface area contributed by atoms with E-state index in [1.54, 1.807) is 0 Å². The number of anilines is 1. The summed E-state index contributed by atoms with van der Waals surface area (Å²) in [6.45, 7) is 7.00. The molecule has 114 valence electrons. The highest BCUT2D eigenvalue weighted by Crippen LogP contribution is 2.36. The molecule has 2 N–H and O–H groups in total. The molecule has 0 aromatic heterocycles. The van der Waals surface area contributed by atoms with Crippen molar-refractivity contribution in [2.45, 2.75) is 40.0 Å². The van der Waals surface area contributed by atoms with Crippen molar-refractivity contribution in [1.29, 1.82) is 0 Å². The van der Waals surface area contributed by atoms with Crippen molar-refractivity contribution in [2.75, 3.05) is 11.9 Å². The van der Waals surface area contributed by atoms with E-state index in [0.717, 1.165) is 24.2 Å². The third-order valence-electron chi connectivity index (χ3n) is 3.73. The van der Waals surface area contributed by atoms with E-state index < -0.39 is 0 Å². The molecule has 1 aliphatic rings. The number of benzene rings is 1. The summed E-state index contributed by atoms with van der Waals surface area (Å²) >= 11 is 0. The Morgan fingerprint density at radius 2 is 2.05 bits per heavy atom. The molecule has 2 rings (SSSR count). The minimum atomic E-state index is -0.109. The molecule has 1 atom stereocenters. The van der Waals surface area contributed by atoms with Crippen molar-refractivity contribution in [1.82, 2.24) is 5.43 Å². The van der Waals surface area contributed by atoms with Gasteiger partial charge in [0, 0.05) is 11.4 Å². The van der Waals surface area contributed by atoms with Gasteiger partial charge in [-0.25, -0.2) is 5.43 Å². The van der Waals surface area contributed by atoms with Crippen LogP contribution in [-0.2, 0) is 4.79 Å². The lowest BCUT2D eigenvalue weighted by Gasteiger charge is -2.34. The predicted molar refractivity (Wildman–Crippen MR) is 87.3 cm³/mol. The van der Waals surface area contributed by atoms with Crippen molar-refractivity contribution in [2.24, 2.45) is 16.4 Å². The molecule has 0 saturated heterocycles. The number of amides is 1. The van der Waals surface area contributed by atoms with Crippen LogP contribution < -0.4 is 10.7 Å². The highest BCUT2D eigenvalue weighted by Gasteiger charge is 2.29. The quantitative estimate of drug-likeness (QED) is 0.834.